The highest BCUT2D eigenvalue weighted by atomic mass is 16.5. The van der Waals surface area contributed by atoms with Crippen molar-refractivity contribution in [3.63, 3.8) is 0 Å². The van der Waals surface area contributed by atoms with E-state index in [4.69, 9.17) is 0 Å². The fourth-order valence-electron chi connectivity index (χ4n) is 0.585. The molecule has 1 aromatic heterocycles. The highest BCUT2D eigenvalue weighted by Crippen LogP contribution is 1.85. The zero-order valence-corrected chi connectivity index (χ0v) is 6.83. The van der Waals surface area contributed by atoms with E-state index >= 15 is 0 Å². The lowest BCUT2D eigenvalue weighted by molar-refractivity contribution is -0.133. The van der Waals surface area contributed by atoms with Crippen molar-refractivity contribution in [2.45, 2.75) is 0 Å². The summed E-state index contributed by atoms with van der Waals surface area (Å²) in [6.45, 7) is 0. The largest absolute Gasteiger partial charge is 0.459 e. The molecule has 0 unspecified atom stereocenters. The van der Waals surface area contributed by atoms with Crippen LogP contribution in [0.4, 0.5) is 0 Å². The van der Waals surface area contributed by atoms with Gasteiger partial charge in [0.05, 0.1) is 12.7 Å². The molecule has 0 aliphatic heterocycles. The Morgan fingerprint density at radius 1 is 1.69 bits per heavy atom. The highest BCUT2D eigenvalue weighted by molar-refractivity contribution is 5.88. The normalized spacial score (nSPS) is 8.38. The molecule has 5 heteroatoms. The Morgan fingerprint density at radius 2 is 2.46 bits per heavy atom. The first-order valence-electron chi connectivity index (χ1n) is 3.37. The van der Waals surface area contributed by atoms with Gasteiger partial charge in [0, 0.05) is 18.3 Å². The lowest BCUT2D eigenvalue weighted by atomic mass is 10.3. The molecule has 0 radical (unpaired) electrons. The molecule has 1 N–H and O–H groups in total. The smallest absolute Gasteiger partial charge is 0.384 e. The number of esters is 1. The number of rotatable bonds is 0. The number of nitrogens with zero attached hydrogens (tertiary/aromatic N) is 1. The van der Waals surface area contributed by atoms with Crippen molar-refractivity contribution in [1.82, 2.24) is 9.97 Å². The Morgan fingerprint density at radius 3 is 3.00 bits per heavy atom. The molecule has 0 bridgehead atoms. The van der Waals surface area contributed by atoms with Crippen molar-refractivity contribution >= 4 is 5.97 Å². The van der Waals surface area contributed by atoms with E-state index in [1.54, 1.807) is 0 Å². The van der Waals surface area contributed by atoms with E-state index in [-0.39, 0.29) is 0 Å². The average Bonchev–Trinajstić information content (AvgIpc) is 2.16. The lowest BCUT2D eigenvalue weighted by Crippen LogP contribution is -2.08. The molecule has 66 valence electrons. The molecule has 0 saturated carbocycles. The van der Waals surface area contributed by atoms with Crippen molar-refractivity contribution in [3.8, 4) is 11.8 Å². The van der Waals surface area contributed by atoms with Gasteiger partial charge in [-0.25, -0.2) is 14.6 Å². The van der Waals surface area contributed by atoms with Gasteiger partial charge in [-0.2, -0.15) is 0 Å². The summed E-state index contributed by atoms with van der Waals surface area (Å²) in [7, 11) is 1.24. The van der Waals surface area contributed by atoms with Crippen LogP contribution < -0.4 is 5.69 Å². The lowest BCUT2D eigenvalue weighted by Gasteiger charge is -1.86. The number of aromatic nitrogens is 2. The topological polar surface area (TPSA) is 72.0 Å². The molecule has 0 fully saturated rings. The molecular formula is C8H6N2O3. The maximum Gasteiger partial charge on any atom is 0.384 e. The van der Waals surface area contributed by atoms with Gasteiger partial charge in [0.2, 0.25) is 0 Å². The minimum atomic E-state index is -0.633. The van der Waals surface area contributed by atoms with Crippen molar-refractivity contribution in [1.29, 1.82) is 0 Å². The minimum Gasteiger partial charge on any atom is -0.459 e. The number of carbonyl (C=O) groups excluding carboxylic acids is 1. The van der Waals surface area contributed by atoms with Crippen LogP contribution in [0.2, 0.25) is 0 Å². The highest BCUT2D eigenvalue weighted by Gasteiger charge is 1.90. The molecule has 1 aromatic rings. The van der Waals surface area contributed by atoms with Crippen LogP contribution in [0.3, 0.4) is 0 Å². The van der Waals surface area contributed by atoms with Gasteiger partial charge in [-0.3, -0.25) is 0 Å². The summed E-state index contributed by atoms with van der Waals surface area (Å²) < 4.78 is 4.29. The first-order valence-corrected chi connectivity index (χ1v) is 3.37. The van der Waals surface area contributed by atoms with Crippen LogP contribution in [0.1, 0.15) is 5.56 Å². The van der Waals surface area contributed by atoms with E-state index in [1.165, 1.54) is 19.5 Å². The third kappa shape index (κ3) is 2.79. The van der Waals surface area contributed by atoms with Crippen LogP contribution in [0, 0.1) is 11.8 Å². The number of carbonyl (C=O) groups is 1. The average molecular weight is 178 g/mol. The fraction of sp³-hybridized carbons (Fsp3) is 0.125. The molecule has 1 heterocycles. The van der Waals surface area contributed by atoms with E-state index in [0.717, 1.165) is 0 Å². The van der Waals surface area contributed by atoms with Crippen molar-refractivity contribution in [3.05, 3.63) is 28.4 Å². The number of nitrogens with one attached hydrogen (secondary N) is 1. The van der Waals surface area contributed by atoms with Gasteiger partial charge in [0.25, 0.3) is 0 Å². The Hall–Kier alpha value is -2.09. The first kappa shape index (κ1) is 9.00. The van der Waals surface area contributed by atoms with Gasteiger partial charge < -0.3 is 9.72 Å². The SMILES string of the molecule is COC(=O)C#Cc1cnc(=O)[nH]c1. The molecule has 5 nitrogen and oxygen atoms in total. The maximum absolute atomic E-state index is 10.6. The Kier molecular flexibility index (Phi) is 2.82. The van der Waals surface area contributed by atoms with Crippen molar-refractivity contribution < 1.29 is 9.53 Å². The number of hydrogen-bond donors (Lipinski definition) is 1. The number of ether oxygens (including phenoxy) is 1. The minimum absolute atomic E-state index is 0.449. The summed E-state index contributed by atoms with van der Waals surface area (Å²) in [6, 6.07) is 0. The number of H-pyrrole nitrogens is 1. The van der Waals surface area contributed by atoms with Crippen LogP contribution in [0.15, 0.2) is 17.2 Å². The summed E-state index contributed by atoms with van der Waals surface area (Å²) in [4.78, 5) is 26.8. The van der Waals surface area contributed by atoms with E-state index < -0.39 is 11.7 Å². The molecule has 0 amide bonds. The quantitative estimate of drug-likeness (QED) is 0.421. The van der Waals surface area contributed by atoms with Gasteiger partial charge in [-0.05, 0) is 0 Å². The summed E-state index contributed by atoms with van der Waals surface area (Å²) >= 11 is 0. The molecule has 0 saturated heterocycles. The molecular weight excluding hydrogens is 172 g/mol. The van der Waals surface area contributed by atoms with Gasteiger partial charge in [0.1, 0.15) is 0 Å². The summed E-state index contributed by atoms with van der Waals surface area (Å²) in [6.07, 6.45) is 2.64. The molecule has 0 aliphatic carbocycles. The van der Waals surface area contributed by atoms with Crippen LogP contribution in [-0.2, 0) is 9.53 Å². The monoisotopic (exact) mass is 178 g/mol. The van der Waals surface area contributed by atoms with E-state index in [1.807, 2.05) is 0 Å². The fourth-order valence-corrected chi connectivity index (χ4v) is 0.585. The number of hydrogen-bond acceptors (Lipinski definition) is 4. The third-order valence-corrected chi connectivity index (χ3v) is 1.17. The van der Waals surface area contributed by atoms with Crippen molar-refractivity contribution in [2.75, 3.05) is 7.11 Å². The predicted octanol–water partition coefficient (Wildman–Crippen LogP) is -0.706. The van der Waals surface area contributed by atoms with Gasteiger partial charge in [0.15, 0.2) is 0 Å². The summed E-state index contributed by atoms with van der Waals surface area (Å²) in [5, 5.41) is 0. The Bertz CT molecular complexity index is 405. The first-order chi connectivity index (χ1) is 6.22. The molecule has 0 aromatic carbocycles. The summed E-state index contributed by atoms with van der Waals surface area (Å²) in [5.41, 5.74) is -0.00591. The standard InChI is InChI=1S/C8H6N2O3/c1-13-7(11)3-2-6-4-9-8(12)10-5-6/h4-5H,1H3,(H,9,10,12). The second-order valence-electron chi connectivity index (χ2n) is 2.05. The molecule has 0 aliphatic rings. The van der Waals surface area contributed by atoms with Crippen LogP contribution in [0.25, 0.3) is 0 Å². The van der Waals surface area contributed by atoms with Gasteiger partial charge in [-0.1, -0.05) is 5.92 Å². The molecule has 1 rings (SSSR count). The zero-order valence-electron chi connectivity index (χ0n) is 6.83. The number of methoxy groups -OCH3 is 1. The van der Waals surface area contributed by atoms with Crippen LogP contribution >= 0.6 is 0 Å². The second-order valence-corrected chi connectivity index (χ2v) is 2.05. The summed E-state index contributed by atoms with van der Waals surface area (Å²) in [5.74, 6) is 4.03. The number of aromatic amines is 1. The molecule has 13 heavy (non-hydrogen) atoms. The zero-order chi connectivity index (χ0) is 9.68. The second kappa shape index (κ2) is 4.07. The van der Waals surface area contributed by atoms with Crippen LogP contribution in [-0.4, -0.2) is 23.0 Å². The Balaban J connectivity index is 2.84. The third-order valence-electron chi connectivity index (χ3n) is 1.17. The maximum atomic E-state index is 10.6. The van der Waals surface area contributed by atoms with E-state index in [0.29, 0.717) is 5.56 Å². The Labute approximate surface area is 73.8 Å². The van der Waals surface area contributed by atoms with Crippen LogP contribution in [0.5, 0.6) is 0 Å². The van der Waals surface area contributed by atoms with Gasteiger partial charge >= 0.3 is 11.7 Å². The predicted molar refractivity (Wildman–Crippen MR) is 43.8 cm³/mol. The van der Waals surface area contributed by atoms with Gasteiger partial charge in [-0.15, -0.1) is 0 Å². The molecule has 0 atom stereocenters. The van der Waals surface area contributed by atoms with E-state index in [2.05, 4.69) is 26.5 Å². The van der Waals surface area contributed by atoms with E-state index in [9.17, 15) is 9.59 Å². The van der Waals surface area contributed by atoms with Crippen molar-refractivity contribution in [2.24, 2.45) is 0 Å². The molecule has 0 spiro atoms.